The van der Waals surface area contributed by atoms with Crippen LogP contribution < -0.4 is 5.56 Å². The van der Waals surface area contributed by atoms with Crippen molar-refractivity contribution in [1.82, 2.24) is 4.57 Å². The van der Waals surface area contributed by atoms with Crippen LogP contribution in [0.3, 0.4) is 0 Å². The van der Waals surface area contributed by atoms with Crippen molar-refractivity contribution in [1.29, 1.82) is 5.26 Å². The van der Waals surface area contributed by atoms with Crippen molar-refractivity contribution < 1.29 is 14.3 Å². The minimum atomic E-state index is -1.31. The molecule has 1 aliphatic rings. The van der Waals surface area contributed by atoms with Gasteiger partial charge in [0, 0.05) is 5.69 Å². The third-order valence-electron chi connectivity index (χ3n) is 3.99. The smallest absolute Gasteiger partial charge is 0.341 e. The zero-order valence-electron chi connectivity index (χ0n) is 12.3. The van der Waals surface area contributed by atoms with E-state index in [1.54, 1.807) is 19.1 Å². The molecule has 1 N–H and O–H groups in total. The van der Waals surface area contributed by atoms with Crippen LogP contribution in [0.25, 0.3) is 5.69 Å². The van der Waals surface area contributed by atoms with Crippen LogP contribution in [0.5, 0.6) is 0 Å². The van der Waals surface area contributed by atoms with Gasteiger partial charge < -0.3 is 5.11 Å². The lowest BCUT2D eigenvalue weighted by molar-refractivity contribution is 0.0694. The Kier molecular flexibility index (Phi) is 3.49. The van der Waals surface area contributed by atoms with Crippen LogP contribution in [0.4, 0.5) is 4.39 Å². The molecule has 3 rings (SSSR count). The maximum atomic E-state index is 13.7. The van der Waals surface area contributed by atoms with Gasteiger partial charge in [0.15, 0.2) is 0 Å². The number of carbonyl (C=O) groups is 1. The minimum Gasteiger partial charge on any atom is -0.477 e. The van der Waals surface area contributed by atoms with Crippen molar-refractivity contribution in [3.05, 3.63) is 62.8 Å². The molecule has 0 bridgehead atoms. The summed E-state index contributed by atoms with van der Waals surface area (Å²) in [7, 11) is 0. The summed E-state index contributed by atoms with van der Waals surface area (Å²) in [4.78, 5) is 23.8. The Morgan fingerprint density at radius 1 is 1.39 bits per heavy atom. The standard InChI is InChI=1S/C17H13FN2O3/c1-9-6-13(18)11(8-19)7-15(9)20-14(10-2-3-10)5-4-12(16(20)21)17(22)23/h4-7,10H,2-3H2,1H3,(H,22,23). The lowest BCUT2D eigenvalue weighted by Crippen LogP contribution is -2.28. The topological polar surface area (TPSA) is 83.1 Å². The van der Waals surface area contributed by atoms with Gasteiger partial charge in [-0.1, -0.05) is 0 Å². The number of halogens is 1. The lowest BCUT2D eigenvalue weighted by Gasteiger charge is -2.16. The predicted molar refractivity (Wildman–Crippen MR) is 80.4 cm³/mol. The summed E-state index contributed by atoms with van der Waals surface area (Å²) in [6, 6.07) is 7.15. The molecule has 1 fully saturated rings. The minimum absolute atomic E-state index is 0.181. The zero-order valence-corrected chi connectivity index (χ0v) is 12.3. The van der Waals surface area contributed by atoms with Crippen LogP contribution in [0, 0.1) is 24.1 Å². The largest absolute Gasteiger partial charge is 0.477 e. The second-order valence-electron chi connectivity index (χ2n) is 5.62. The van der Waals surface area contributed by atoms with E-state index in [4.69, 9.17) is 5.26 Å². The number of aryl methyl sites for hydroxylation is 1. The molecule has 0 spiro atoms. The Hall–Kier alpha value is -2.94. The Bertz CT molecular complexity index is 921. The molecule has 6 heteroatoms. The molecule has 1 aromatic carbocycles. The molecule has 1 heterocycles. The van der Waals surface area contributed by atoms with Crippen molar-refractivity contribution >= 4 is 5.97 Å². The highest BCUT2D eigenvalue weighted by atomic mass is 19.1. The number of aromatic carboxylic acids is 1. The number of benzene rings is 1. The second-order valence-corrected chi connectivity index (χ2v) is 5.62. The van der Waals surface area contributed by atoms with Crippen LogP contribution in [0.15, 0.2) is 29.1 Å². The number of pyridine rings is 1. The van der Waals surface area contributed by atoms with Gasteiger partial charge in [-0.2, -0.15) is 5.26 Å². The van der Waals surface area contributed by atoms with Crippen LogP contribution in [0.2, 0.25) is 0 Å². The van der Waals surface area contributed by atoms with Gasteiger partial charge in [0.25, 0.3) is 5.56 Å². The van der Waals surface area contributed by atoms with Gasteiger partial charge in [0.05, 0.1) is 11.3 Å². The van der Waals surface area contributed by atoms with Crippen molar-refractivity contribution in [2.75, 3.05) is 0 Å². The summed E-state index contributed by atoms with van der Waals surface area (Å²) in [5.41, 5.74) is 0.307. The summed E-state index contributed by atoms with van der Waals surface area (Å²) >= 11 is 0. The number of hydrogen-bond acceptors (Lipinski definition) is 3. The normalized spacial score (nSPS) is 13.6. The molecular weight excluding hydrogens is 299 g/mol. The van der Waals surface area contributed by atoms with E-state index in [2.05, 4.69) is 0 Å². The maximum Gasteiger partial charge on any atom is 0.341 e. The van der Waals surface area contributed by atoms with E-state index in [1.165, 1.54) is 22.8 Å². The van der Waals surface area contributed by atoms with Gasteiger partial charge in [0.1, 0.15) is 17.4 Å². The average molecular weight is 312 g/mol. The Labute approximate surface area is 131 Å². The Balaban J connectivity index is 2.35. The number of aromatic nitrogens is 1. The summed E-state index contributed by atoms with van der Waals surface area (Å²) in [5, 5.41) is 18.2. The maximum absolute atomic E-state index is 13.7. The van der Waals surface area contributed by atoms with Gasteiger partial charge in [-0.3, -0.25) is 9.36 Å². The van der Waals surface area contributed by atoms with E-state index < -0.39 is 17.3 Å². The SMILES string of the molecule is Cc1cc(F)c(C#N)cc1-n1c(C2CC2)ccc(C(=O)O)c1=O. The quantitative estimate of drug-likeness (QED) is 0.944. The Morgan fingerprint density at radius 3 is 2.65 bits per heavy atom. The van der Waals surface area contributed by atoms with Gasteiger partial charge in [-0.15, -0.1) is 0 Å². The molecule has 23 heavy (non-hydrogen) atoms. The highest BCUT2D eigenvalue weighted by Crippen LogP contribution is 2.40. The molecule has 1 aliphatic carbocycles. The molecule has 0 atom stereocenters. The first-order chi connectivity index (χ1) is 10.9. The molecule has 1 aromatic heterocycles. The third-order valence-corrected chi connectivity index (χ3v) is 3.99. The molecule has 0 amide bonds. The highest BCUT2D eigenvalue weighted by Gasteiger charge is 2.29. The van der Waals surface area contributed by atoms with E-state index in [1.807, 2.05) is 0 Å². The first-order valence-electron chi connectivity index (χ1n) is 7.14. The van der Waals surface area contributed by atoms with Crippen molar-refractivity contribution in [2.24, 2.45) is 0 Å². The molecule has 5 nitrogen and oxygen atoms in total. The summed E-state index contributed by atoms with van der Waals surface area (Å²) < 4.78 is 15.0. The van der Waals surface area contributed by atoms with Crippen molar-refractivity contribution in [3.63, 3.8) is 0 Å². The van der Waals surface area contributed by atoms with Gasteiger partial charge in [0.2, 0.25) is 0 Å². The molecule has 2 aromatic rings. The highest BCUT2D eigenvalue weighted by molar-refractivity contribution is 5.87. The molecule has 0 unspecified atom stereocenters. The van der Waals surface area contributed by atoms with Gasteiger partial charge >= 0.3 is 5.97 Å². The fourth-order valence-electron chi connectivity index (χ4n) is 2.65. The number of hydrogen-bond donors (Lipinski definition) is 1. The summed E-state index contributed by atoms with van der Waals surface area (Å²) in [5.74, 6) is -1.80. The number of carboxylic acids is 1. The number of nitrogens with zero attached hydrogens (tertiary/aromatic N) is 2. The van der Waals surface area contributed by atoms with Crippen molar-refractivity contribution in [3.8, 4) is 11.8 Å². The van der Waals surface area contributed by atoms with E-state index in [9.17, 15) is 19.1 Å². The van der Waals surface area contributed by atoms with Gasteiger partial charge in [-0.05, 0) is 55.5 Å². The predicted octanol–water partition coefficient (Wildman–Crippen LogP) is 2.73. The second kappa shape index (κ2) is 5.36. The number of rotatable bonds is 3. The first kappa shape index (κ1) is 15.0. The molecule has 1 saturated carbocycles. The van der Waals surface area contributed by atoms with E-state index in [-0.39, 0.29) is 17.0 Å². The fourth-order valence-corrected chi connectivity index (χ4v) is 2.65. The monoisotopic (exact) mass is 312 g/mol. The van der Waals surface area contributed by atoms with Crippen LogP contribution in [0.1, 0.15) is 45.9 Å². The summed E-state index contributed by atoms with van der Waals surface area (Å²) in [6.07, 6.45) is 1.83. The number of carboxylic acid groups (broad SMARTS) is 1. The van der Waals surface area contributed by atoms with Crippen LogP contribution in [-0.2, 0) is 0 Å². The molecule has 0 aliphatic heterocycles. The van der Waals surface area contributed by atoms with Crippen molar-refractivity contribution in [2.45, 2.75) is 25.7 Å². The fraction of sp³-hybridized carbons (Fsp3) is 0.235. The van der Waals surface area contributed by atoms with E-state index in [0.29, 0.717) is 16.9 Å². The zero-order chi connectivity index (χ0) is 16.7. The van der Waals surface area contributed by atoms with Crippen LogP contribution >= 0.6 is 0 Å². The number of nitriles is 1. The molecular formula is C17H13FN2O3. The lowest BCUT2D eigenvalue weighted by atomic mass is 10.1. The first-order valence-corrected chi connectivity index (χ1v) is 7.14. The third kappa shape index (κ3) is 2.50. The van der Waals surface area contributed by atoms with Crippen LogP contribution in [-0.4, -0.2) is 15.6 Å². The van der Waals surface area contributed by atoms with Gasteiger partial charge in [-0.25, -0.2) is 9.18 Å². The van der Waals surface area contributed by atoms with E-state index in [0.717, 1.165) is 12.8 Å². The Morgan fingerprint density at radius 2 is 2.09 bits per heavy atom. The molecule has 0 radical (unpaired) electrons. The average Bonchev–Trinajstić information content (AvgIpc) is 3.32. The molecule has 0 saturated heterocycles. The van der Waals surface area contributed by atoms with E-state index >= 15 is 0 Å². The summed E-state index contributed by atoms with van der Waals surface area (Å²) in [6.45, 7) is 1.62. The molecule has 116 valence electrons.